The summed E-state index contributed by atoms with van der Waals surface area (Å²) in [4.78, 5) is 22.7. The number of esters is 1. The number of hydrogen-bond donors (Lipinski definition) is 3. The van der Waals surface area contributed by atoms with Gasteiger partial charge in [-0.1, -0.05) is 18.2 Å². The minimum absolute atomic E-state index is 0.0271. The largest absolute Gasteiger partial charge is 0.462 e. The molecule has 180 valence electrons. The second-order valence-corrected chi connectivity index (χ2v) is 8.07. The Morgan fingerprint density at radius 3 is 2.76 bits per heavy atom. The Morgan fingerprint density at radius 2 is 2.09 bits per heavy atom. The van der Waals surface area contributed by atoms with E-state index in [1.807, 2.05) is 4.90 Å². The van der Waals surface area contributed by atoms with Crippen LogP contribution in [0.1, 0.15) is 35.7 Å². The summed E-state index contributed by atoms with van der Waals surface area (Å²) in [5.41, 5.74) is 8.40. The lowest BCUT2D eigenvalue weighted by molar-refractivity contribution is 0.0525. The van der Waals surface area contributed by atoms with Crippen LogP contribution < -0.4 is 11.1 Å². The molecule has 0 saturated carbocycles. The summed E-state index contributed by atoms with van der Waals surface area (Å²) in [5, 5.41) is 12.8. The Labute approximate surface area is 202 Å². The van der Waals surface area contributed by atoms with E-state index in [2.05, 4.69) is 21.9 Å². The zero-order valence-corrected chi connectivity index (χ0v) is 19.6. The highest BCUT2D eigenvalue weighted by molar-refractivity contribution is 6.31. The zero-order chi connectivity index (χ0) is 24.7. The molecule has 0 bridgehead atoms. The zero-order valence-electron chi connectivity index (χ0n) is 18.8. The normalized spacial score (nSPS) is 15.2. The van der Waals surface area contributed by atoms with Gasteiger partial charge in [-0.05, 0) is 44.0 Å². The van der Waals surface area contributed by atoms with Crippen LogP contribution in [0.15, 0.2) is 59.9 Å². The summed E-state index contributed by atoms with van der Waals surface area (Å²) in [7, 11) is 0. The van der Waals surface area contributed by atoms with Crippen molar-refractivity contribution in [1.82, 2.24) is 9.88 Å². The Hall–Kier alpha value is -3.43. The summed E-state index contributed by atoms with van der Waals surface area (Å²) < 4.78 is 18.5. The Balaban J connectivity index is 1.91. The number of allylic oxidation sites excluding steroid dienone is 1. The molecule has 1 aromatic carbocycles. The number of likely N-dealkylation sites (tertiary alicyclic amines) is 1. The van der Waals surface area contributed by atoms with Crippen molar-refractivity contribution in [1.29, 1.82) is 0 Å². The van der Waals surface area contributed by atoms with Crippen LogP contribution >= 0.6 is 11.6 Å². The number of anilines is 1. The highest BCUT2D eigenvalue weighted by atomic mass is 35.5. The molecule has 1 saturated heterocycles. The number of ether oxygens (including phenoxy) is 1. The maximum atomic E-state index is 13.4. The Kier molecular flexibility index (Phi) is 8.61. The van der Waals surface area contributed by atoms with E-state index in [1.165, 1.54) is 30.6 Å². The molecular formula is C24H27ClFN5O3. The predicted octanol–water partition coefficient (Wildman–Crippen LogP) is 3.79. The van der Waals surface area contributed by atoms with E-state index in [1.54, 1.807) is 19.2 Å². The van der Waals surface area contributed by atoms with Gasteiger partial charge in [0.15, 0.2) is 0 Å². The van der Waals surface area contributed by atoms with Gasteiger partial charge >= 0.3 is 5.97 Å². The van der Waals surface area contributed by atoms with Crippen LogP contribution in [-0.2, 0) is 4.74 Å². The van der Waals surface area contributed by atoms with Crippen molar-refractivity contribution in [3.8, 4) is 0 Å². The van der Waals surface area contributed by atoms with Crippen LogP contribution in [0, 0.1) is 5.82 Å². The lowest BCUT2D eigenvalue weighted by atomic mass is 10.0. The molecular weight excluding hydrogens is 461 g/mol. The van der Waals surface area contributed by atoms with Gasteiger partial charge in [0, 0.05) is 48.5 Å². The molecule has 2 heterocycles. The van der Waals surface area contributed by atoms with Gasteiger partial charge in [-0.25, -0.2) is 14.2 Å². The van der Waals surface area contributed by atoms with Gasteiger partial charge in [0.05, 0.1) is 23.3 Å². The number of benzene rings is 1. The number of nitrogens with zero attached hydrogens (tertiary/aromatic N) is 3. The van der Waals surface area contributed by atoms with E-state index in [9.17, 15) is 14.3 Å². The smallest absolute Gasteiger partial charge is 0.339 e. The van der Waals surface area contributed by atoms with Gasteiger partial charge in [0.1, 0.15) is 17.5 Å². The summed E-state index contributed by atoms with van der Waals surface area (Å²) in [5.74, 6) is -0.334. The third-order valence-corrected chi connectivity index (χ3v) is 5.49. The molecule has 1 fully saturated rings. The number of aromatic nitrogens is 1. The molecule has 0 atom stereocenters. The minimum atomic E-state index is -0.528. The van der Waals surface area contributed by atoms with Crippen LogP contribution in [0.3, 0.4) is 0 Å². The number of nitrogens with two attached hydrogens (primary N) is 1. The molecule has 3 rings (SSSR count). The molecule has 0 amide bonds. The Bertz CT molecular complexity index is 1110. The number of aliphatic hydroxyl groups is 1. The number of aliphatic imine (C=N–C) groups is 1. The molecule has 0 radical (unpaired) electrons. The average molecular weight is 488 g/mol. The third kappa shape index (κ3) is 6.55. The van der Waals surface area contributed by atoms with Gasteiger partial charge < -0.3 is 25.8 Å². The number of piperidine rings is 1. The van der Waals surface area contributed by atoms with Crippen LogP contribution in [-0.4, -0.2) is 53.0 Å². The van der Waals surface area contributed by atoms with E-state index < -0.39 is 11.8 Å². The van der Waals surface area contributed by atoms with Gasteiger partial charge in [0.2, 0.25) is 0 Å². The first-order chi connectivity index (χ1) is 16.3. The summed E-state index contributed by atoms with van der Waals surface area (Å²) in [6.07, 6.45) is 5.33. The highest BCUT2D eigenvalue weighted by Crippen LogP contribution is 2.23. The van der Waals surface area contributed by atoms with Gasteiger partial charge in [-0.3, -0.25) is 4.98 Å². The van der Waals surface area contributed by atoms with E-state index >= 15 is 0 Å². The van der Waals surface area contributed by atoms with Gasteiger partial charge in [-0.2, -0.15) is 0 Å². The van der Waals surface area contributed by atoms with Crippen molar-refractivity contribution in [3.05, 3.63) is 76.8 Å². The van der Waals surface area contributed by atoms with E-state index in [0.717, 1.165) is 0 Å². The average Bonchev–Trinajstić information content (AvgIpc) is 2.82. The standard InChI is InChI=1S/C24H27ClFN5O3/c1-3-34-24(33)17-10-16(12-28-13-17)20(23(27)31-8-6-19(32)7-9-31)14-29-15(2)30-18-4-5-22(26)21(25)11-18/h4-5,10-14,19,30,32H,2-3,6-9,27H2,1H3/b23-20-,29-14-. The van der Waals surface area contributed by atoms with Crippen LogP contribution in [0.25, 0.3) is 5.57 Å². The van der Waals surface area contributed by atoms with Crippen molar-refractivity contribution in [2.75, 3.05) is 25.0 Å². The van der Waals surface area contributed by atoms with Crippen LogP contribution in [0.2, 0.25) is 5.02 Å². The van der Waals surface area contributed by atoms with Crippen molar-refractivity contribution in [2.45, 2.75) is 25.9 Å². The number of halogens is 2. The summed E-state index contributed by atoms with van der Waals surface area (Å²) >= 11 is 5.83. The molecule has 10 heteroatoms. The van der Waals surface area contributed by atoms with Crippen molar-refractivity contribution in [2.24, 2.45) is 10.7 Å². The van der Waals surface area contributed by atoms with Crippen molar-refractivity contribution < 1.29 is 19.0 Å². The first-order valence-electron chi connectivity index (χ1n) is 10.8. The number of rotatable bonds is 8. The number of nitrogens with one attached hydrogen (secondary N) is 1. The molecule has 1 aliphatic heterocycles. The Morgan fingerprint density at radius 1 is 1.38 bits per heavy atom. The molecule has 8 nitrogen and oxygen atoms in total. The fourth-order valence-electron chi connectivity index (χ4n) is 3.39. The SMILES string of the molecule is C=C(/N=C\C(=C(/N)N1CCC(O)CC1)c1cncc(C(=O)OCC)c1)Nc1ccc(F)c(Cl)c1. The minimum Gasteiger partial charge on any atom is -0.462 e. The lowest BCUT2D eigenvalue weighted by Crippen LogP contribution is -2.38. The number of hydrogen-bond acceptors (Lipinski definition) is 8. The molecule has 0 unspecified atom stereocenters. The molecule has 4 N–H and O–H groups in total. The number of aliphatic hydroxyl groups excluding tert-OH is 1. The summed E-state index contributed by atoms with van der Waals surface area (Å²) in [6.45, 7) is 6.98. The number of carbonyl (C=O) groups excluding carboxylic acids is 1. The molecule has 0 aliphatic carbocycles. The number of pyridine rings is 1. The first kappa shape index (κ1) is 25.2. The molecule has 1 aromatic heterocycles. The third-order valence-electron chi connectivity index (χ3n) is 5.20. The van der Waals surface area contributed by atoms with Gasteiger partial charge in [0.25, 0.3) is 0 Å². The summed E-state index contributed by atoms with van der Waals surface area (Å²) in [6, 6.07) is 5.81. The molecule has 2 aromatic rings. The van der Waals surface area contributed by atoms with Crippen LogP contribution in [0.5, 0.6) is 0 Å². The van der Waals surface area contributed by atoms with E-state index in [0.29, 0.717) is 48.6 Å². The maximum absolute atomic E-state index is 13.4. The first-order valence-corrected chi connectivity index (χ1v) is 11.2. The topological polar surface area (TPSA) is 113 Å². The van der Waals surface area contributed by atoms with E-state index in [-0.39, 0.29) is 29.1 Å². The lowest BCUT2D eigenvalue weighted by Gasteiger charge is -2.32. The maximum Gasteiger partial charge on any atom is 0.339 e. The van der Waals surface area contributed by atoms with Crippen molar-refractivity contribution in [3.63, 3.8) is 0 Å². The predicted molar refractivity (Wildman–Crippen MR) is 131 cm³/mol. The van der Waals surface area contributed by atoms with Crippen LogP contribution in [0.4, 0.5) is 10.1 Å². The second kappa shape index (κ2) is 11.6. The molecule has 0 spiro atoms. The fourth-order valence-corrected chi connectivity index (χ4v) is 3.57. The molecule has 34 heavy (non-hydrogen) atoms. The quantitative estimate of drug-likeness (QED) is 0.383. The second-order valence-electron chi connectivity index (χ2n) is 7.66. The number of carbonyl (C=O) groups is 1. The monoisotopic (exact) mass is 487 g/mol. The van der Waals surface area contributed by atoms with Gasteiger partial charge in [-0.15, -0.1) is 0 Å². The highest BCUT2D eigenvalue weighted by Gasteiger charge is 2.21. The molecule has 1 aliphatic rings. The van der Waals surface area contributed by atoms with Crippen molar-refractivity contribution >= 4 is 35.0 Å². The van der Waals surface area contributed by atoms with E-state index in [4.69, 9.17) is 22.1 Å². The fraction of sp³-hybridized carbons (Fsp3) is 0.292.